The summed E-state index contributed by atoms with van der Waals surface area (Å²) >= 11 is 1.72. The lowest BCUT2D eigenvalue weighted by Crippen LogP contribution is -2.24. The molecular formula is C21H19N3OS. The quantitative estimate of drug-likeness (QED) is 0.586. The normalized spacial score (nSPS) is 12.3. The van der Waals surface area contributed by atoms with Crippen molar-refractivity contribution >= 4 is 17.0 Å². The van der Waals surface area contributed by atoms with Gasteiger partial charge in [-0.15, -0.1) is 11.3 Å². The number of aromatic nitrogens is 2. The van der Waals surface area contributed by atoms with Gasteiger partial charge in [0.05, 0.1) is 11.7 Å². The minimum Gasteiger partial charge on any atom is -0.300 e. The fraction of sp³-hybridized carbons (Fsp3) is 0.143. The fourth-order valence-corrected chi connectivity index (χ4v) is 3.87. The molecule has 3 heterocycles. The largest absolute Gasteiger partial charge is 0.300 e. The summed E-state index contributed by atoms with van der Waals surface area (Å²) in [5.41, 5.74) is 3.60. The second kappa shape index (κ2) is 7.23. The first-order valence-electron chi connectivity index (χ1n) is 8.51. The lowest BCUT2D eigenvalue weighted by atomic mass is 10.1. The van der Waals surface area contributed by atoms with Crippen molar-refractivity contribution in [1.29, 1.82) is 0 Å². The maximum Gasteiger partial charge on any atom is 0.258 e. The Hall–Kier alpha value is -2.76. The first-order valence-corrected chi connectivity index (χ1v) is 9.39. The summed E-state index contributed by atoms with van der Waals surface area (Å²) in [6, 6.07) is 20.0. The summed E-state index contributed by atoms with van der Waals surface area (Å²) in [6.07, 6.45) is 1.82. The van der Waals surface area contributed by atoms with Gasteiger partial charge in [0.2, 0.25) is 0 Å². The highest BCUT2D eigenvalue weighted by molar-refractivity contribution is 7.10. The van der Waals surface area contributed by atoms with Gasteiger partial charge in [0.15, 0.2) is 0 Å². The molecule has 26 heavy (non-hydrogen) atoms. The van der Waals surface area contributed by atoms with Crippen LogP contribution in [-0.2, 0) is 6.54 Å². The number of nitrogens with zero attached hydrogens (tertiary/aromatic N) is 2. The van der Waals surface area contributed by atoms with Gasteiger partial charge in [-0.3, -0.25) is 14.5 Å². The number of nitrogens with one attached hydrogen (secondary N) is 1. The van der Waals surface area contributed by atoms with Crippen LogP contribution in [0.5, 0.6) is 0 Å². The second-order valence-electron chi connectivity index (χ2n) is 6.26. The highest BCUT2D eigenvalue weighted by atomic mass is 32.1. The standard InChI is InChI=1S/C21H19N3OS/c1-15-9-10-19-23-17(12-20(25)24(19)14-15)13-22-21(18-8-5-11-26-18)16-6-3-2-4-7-16/h2-12,14,21-22H,13H2,1H3/t21-/m1/s1. The van der Waals surface area contributed by atoms with Crippen molar-refractivity contribution in [3.05, 3.63) is 104 Å². The van der Waals surface area contributed by atoms with Gasteiger partial charge in [0.25, 0.3) is 5.56 Å². The Balaban J connectivity index is 1.63. The molecular weight excluding hydrogens is 342 g/mol. The number of fused-ring (bicyclic) bond motifs is 1. The maximum atomic E-state index is 12.4. The van der Waals surface area contributed by atoms with E-state index in [1.54, 1.807) is 21.8 Å². The monoisotopic (exact) mass is 361 g/mol. The molecule has 130 valence electrons. The van der Waals surface area contributed by atoms with Crippen LogP contribution in [0.4, 0.5) is 0 Å². The molecule has 0 radical (unpaired) electrons. The highest BCUT2D eigenvalue weighted by Gasteiger charge is 2.15. The molecule has 0 saturated carbocycles. The van der Waals surface area contributed by atoms with E-state index in [1.807, 2.05) is 43.5 Å². The number of thiophene rings is 1. The van der Waals surface area contributed by atoms with Gasteiger partial charge in [0, 0.05) is 23.7 Å². The molecule has 4 aromatic rings. The zero-order chi connectivity index (χ0) is 17.9. The van der Waals surface area contributed by atoms with E-state index in [2.05, 4.69) is 39.9 Å². The van der Waals surface area contributed by atoms with Crippen LogP contribution < -0.4 is 10.9 Å². The Kier molecular flexibility index (Phi) is 4.65. The van der Waals surface area contributed by atoms with Crippen LogP contribution in [-0.4, -0.2) is 9.38 Å². The van der Waals surface area contributed by atoms with Gasteiger partial charge in [-0.05, 0) is 35.6 Å². The number of hydrogen-bond acceptors (Lipinski definition) is 4. The van der Waals surface area contributed by atoms with Gasteiger partial charge in [-0.1, -0.05) is 42.5 Å². The number of rotatable bonds is 5. The third kappa shape index (κ3) is 3.45. The number of hydrogen-bond donors (Lipinski definition) is 1. The van der Waals surface area contributed by atoms with E-state index in [0.29, 0.717) is 12.2 Å². The number of benzene rings is 1. The average molecular weight is 361 g/mol. The second-order valence-corrected chi connectivity index (χ2v) is 7.24. The van der Waals surface area contributed by atoms with Gasteiger partial charge in [-0.25, -0.2) is 4.98 Å². The van der Waals surface area contributed by atoms with Crippen molar-refractivity contribution in [2.24, 2.45) is 0 Å². The maximum absolute atomic E-state index is 12.4. The van der Waals surface area contributed by atoms with E-state index in [0.717, 1.165) is 11.3 Å². The Bertz CT molecular complexity index is 1070. The molecule has 0 aliphatic rings. The van der Waals surface area contributed by atoms with E-state index in [-0.39, 0.29) is 11.6 Å². The molecule has 0 bridgehead atoms. The zero-order valence-corrected chi connectivity index (χ0v) is 15.2. The number of aryl methyl sites for hydroxylation is 1. The molecule has 3 aromatic heterocycles. The third-order valence-electron chi connectivity index (χ3n) is 4.31. The van der Waals surface area contributed by atoms with Gasteiger partial charge < -0.3 is 0 Å². The van der Waals surface area contributed by atoms with Crippen LogP contribution in [0.25, 0.3) is 5.65 Å². The molecule has 1 N–H and O–H groups in total. The van der Waals surface area contributed by atoms with Crippen LogP contribution in [0, 0.1) is 6.92 Å². The zero-order valence-electron chi connectivity index (χ0n) is 14.4. The third-order valence-corrected chi connectivity index (χ3v) is 5.25. The summed E-state index contributed by atoms with van der Waals surface area (Å²) in [5, 5.41) is 5.64. The smallest absolute Gasteiger partial charge is 0.258 e. The van der Waals surface area contributed by atoms with E-state index in [9.17, 15) is 4.79 Å². The van der Waals surface area contributed by atoms with Gasteiger partial charge in [-0.2, -0.15) is 0 Å². The minimum atomic E-state index is -0.0529. The Labute approximate surface area is 155 Å². The average Bonchev–Trinajstić information content (AvgIpc) is 3.18. The SMILES string of the molecule is Cc1ccc2nc(CN[C@H](c3ccccc3)c3cccs3)cc(=O)n2c1. The van der Waals surface area contributed by atoms with Crippen molar-refractivity contribution in [2.45, 2.75) is 19.5 Å². The molecule has 0 aliphatic carbocycles. The minimum absolute atomic E-state index is 0.0529. The summed E-state index contributed by atoms with van der Waals surface area (Å²) in [5.74, 6) is 0. The van der Waals surface area contributed by atoms with Crippen LogP contribution >= 0.6 is 11.3 Å². The lowest BCUT2D eigenvalue weighted by Gasteiger charge is -2.18. The van der Waals surface area contributed by atoms with Crippen LogP contribution in [0.1, 0.15) is 27.7 Å². The van der Waals surface area contributed by atoms with Crippen molar-refractivity contribution in [3.63, 3.8) is 0 Å². The predicted molar refractivity (Wildman–Crippen MR) is 106 cm³/mol. The van der Waals surface area contributed by atoms with Crippen molar-refractivity contribution < 1.29 is 0 Å². The Morgan fingerprint density at radius 2 is 1.96 bits per heavy atom. The first-order chi connectivity index (χ1) is 12.7. The summed E-state index contributed by atoms with van der Waals surface area (Å²) in [6.45, 7) is 2.49. The Morgan fingerprint density at radius 1 is 1.12 bits per heavy atom. The van der Waals surface area contributed by atoms with E-state index >= 15 is 0 Å². The Morgan fingerprint density at radius 3 is 2.73 bits per heavy atom. The molecule has 1 atom stereocenters. The van der Waals surface area contributed by atoms with Crippen LogP contribution in [0.15, 0.2) is 77.0 Å². The molecule has 0 fully saturated rings. The lowest BCUT2D eigenvalue weighted by molar-refractivity contribution is 0.604. The highest BCUT2D eigenvalue weighted by Crippen LogP contribution is 2.26. The van der Waals surface area contributed by atoms with Crippen molar-refractivity contribution in [3.8, 4) is 0 Å². The van der Waals surface area contributed by atoms with Gasteiger partial charge >= 0.3 is 0 Å². The van der Waals surface area contributed by atoms with Crippen molar-refractivity contribution in [1.82, 2.24) is 14.7 Å². The predicted octanol–water partition coefficient (Wildman–Crippen LogP) is 3.94. The first kappa shape index (κ1) is 16.7. The molecule has 0 aliphatic heterocycles. The topological polar surface area (TPSA) is 46.4 Å². The fourth-order valence-electron chi connectivity index (χ4n) is 3.04. The number of pyridine rings is 1. The summed E-state index contributed by atoms with van der Waals surface area (Å²) < 4.78 is 1.59. The van der Waals surface area contributed by atoms with E-state index < -0.39 is 0 Å². The molecule has 5 heteroatoms. The summed E-state index contributed by atoms with van der Waals surface area (Å²) in [4.78, 5) is 18.3. The molecule has 0 saturated heterocycles. The van der Waals surface area contributed by atoms with Crippen molar-refractivity contribution in [2.75, 3.05) is 0 Å². The molecule has 0 amide bonds. The van der Waals surface area contributed by atoms with E-state index in [4.69, 9.17) is 0 Å². The molecule has 4 nitrogen and oxygen atoms in total. The molecule has 1 aromatic carbocycles. The molecule has 4 rings (SSSR count). The van der Waals surface area contributed by atoms with E-state index in [1.165, 1.54) is 10.4 Å². The molecule has 0 spiro atoms. The summed E-state index contributed by atoms with van der Waals surface area (Å²) in [7, 11) is 0. The van der Waals surface area contributed by atoms with Crippen LogP contribution in [0.2, 0.25) is 0 Å². The molecule has 0 unspecified atom stereocenters. The van der Waals surface area contributed by atoms with Gasteiger partial charge in [0.1, 0.15) is 5.65 Å². The van der Waals surface area contributed by atoms with Crippen LogP contribution in [0.3, 0.4) is 0 Å².